The summed E-state index contributed by atoms with van der Waals surface area (Å²) in [6, 6.07) is 1.98. The second-order valence-corrected chi connectivity index (χ2v) is 7.33. The lowest BCUT2D eigenvalue weighted by Gasteiger charge is -2.22. The van der Waals surface area contributed by atoms with E-state index in [1.54, 1.807) is 0 Å². The maximum Gasteiger partial charge on any atom is 0.242 e. The molecule has 3 N–H and O–H groups in total. The van der Waals surface area contributed by atoms with E-state index in [4.69, 9.17) is 5.73 Å². The van der Waals surface area contributed by atoms with E-state index in [1.165, 1.54) is 6.07 Å². The molecule has 0 aliphatic carbocycles. The van der Waals surface area contributed by atoms with Crippen molar-refractivity contribution in [1.82, 2.24) is 4.72 Å². The summed E-state index contributed by atoms with van der Waals surface area (Å²) in [6.45, 7) is 5.85. The molecule has 1 rings (SSSR count). The lowest BCUT2D eigenvalue weighted by Crippen LogP contribution is -2.38. The molecule has 0 saturated carbocycles. The molecule has 1 unspecified atom stereocenters. The van der Waals surface area contributed by atoms with Crippen LogP contribution < -0.4 is 10.5 Å². The molecule has 4 nitrogen and oxygen atoms in total. The number of hydrogen-bond acceptors (Lipinski definition) is 3. The van der Waals surface area contributed by atoms with Gasteiger partial charge in [0.25, 0.3) is 0 Å². The topological polar surface area (TPSA) is 72.2 Å². The first-order valence-corrected chi connectivity index (χ1v) is 8.77. The van der Waals surface area contributed by atoms with Crippen molar-refractivity contribution in [3.05, 3.63) is 22.4 Å². The van der Waals surface area contributed by atoms with Crippen molar-refractivity contribution in [3.8, 4) is 0 Å². The third-order valence-corrected chi connectivity index (χ3v) is 5.66. The molecule has 1 atom stereocenters. The number of hydrogen-bond donors (Lipinski definition) is 2. The zero-order valence-electron chi connectivity index (χ0n) is 11.8. The Morgan fingerprint density at radius 2 is 1.90 bits per heavy atom. The summed E-state index contributed by atoms with van der Waals surface area (Å²) in [4.78, 5) is -0.108. The normalized spacial score (nSPS) is 13.7. The highest BCUT2D eigenvalue weighted by Gasteiger charge is 2.24. The molecule has 7 heteroatoms. The van der Waals surface area contributed by atoms with E-state index in [0.29, 0.717) is 0 Å². The van der Waals surface area contributed by atoms with Gasteiger partial charge in [0.1, 0.15) is 10.7 Å². The van der Waals surface area contributed by atoms with Crippen LogP contribution in [0.1, 0.15) is 33.6 Å². The minimum Gasteiger partial charge on any atom is -0.398 e. The van der Waals surface area contributed by atoms with Gasteiger partial charge < -0.3 is 5.73 Å². The molecule has 0 bridgehead atoms. The van der Waals surface area contributed by atoms with E-state index in [-0.39, 0.29) is 27.0 Å². The molecular weight excluding hydrogens is 347 g/mol. The van der Waals surface area contributed by atoms with E-state index in [9.17, 15) is 12.8 Å². The number of anilines is 1. The maximum atomic E-state index is 13.3. The number of sulfonamides is 1. The average molecular weight is 367 g/mol. The van der Waals surface area contributed by atoms with Crippen molar-refractivity contribution in [2.45, 2.75) is 44.6 Å². The second kappa shape index (κ2) is 6.87. The fraction of sp³-hybridized carbons (Fsp3) is 0.538. The molecule has 0 aromatic heterocycles. The Morgan fingerprint density at radius 1 is 1.35 bits per heavy atom. The van der Waals surface area contributed by atoms with E-state index in [1.807, 2.05) is 20.8 Å². The Kier molecular flexibility index (Phi) is 5.97. The van der Waals surface area contributed by atoms with E-state index in [0.717, 1.165) is 18.9 Å². The zero-order valence-corrected chi connectivity index (χ0v) is 14.2. The van der Waals surface area contributed by atoms with Gasteiger partial charge in [-0.05, 0) is 40.9 Å². The summed E-state index contributed by atoms with van der Waals surface area (Å²) in [6.07, 6.45) is 1.76. The van der Waals surface area contributed by atoms with Gasteiger partial charge in [0.15, 0.2) is 0 Å². The Labute approximate surface area is 128 Å². The number of halogens is 2. The molecule has 0 saturated heterocycles. The molecule has 114 valence electrons. The van der Waals surface area contributed by atoms with Crippen molar-refractivity contribution in [1.29, 1.82) is 0 Å². The molecular formula is C13H20BrFN2O2S. The predicted molar refractivity (Wildman–Crippen MR) is 82.4 cm³/mol. The Bertz CT molecular complexity index is 574. The first kappa shape index (κ1) is 17.4. The minimum absolute atomic E-state index is 0.0715. The summed E-state index contributed by atoms with van der Waals surface area (Å²) in [5.41, 5.74) is 5.51. The fourth-order valence-electron chi connectivity index (χ4n) is 2.18. The van der Waals surface area contributed by atoms with Gasteiger partial charge >= 0.3 is 0 Å². The molecule has 0 aliphatic heterocycles. The van der Waals surface area contributed by atoms with Crippen LogP contribution in [0.3, 0.4) is 0 Å². The largest absolute Gasteiger partial charge is 0.398 e. The lowest BCUT2D eigenvalue weighted by atomic mass is 9.96. The van der Waals surface area contributed by atoms with Crippen LogP contribution in [-0.4, -0.2) is 14.5 Å². The summed E-state index contributed by atoms with van der Waals surface area (Å²) in [5.74, 6) is -0.343. The molecule has 1 aromatic carbocycles. The molecule has 0 heterocycles. The van der Waals surface area contributed by atoms with Crippen molar-refractivity contribution < 1.29 is 12.8 Å². The monoisotopic (exact) mass is 366 g/mol. The Hall–Kier alpha value is -0.660. The van der Waals surface area contributed by atoms with Crippen LogP contribution in [0, 0.1) is 11.7 Å². The molecule has 20 heavy (non-hydrogen) atoms. The molecule has 0 spiro atoms. The standard InChI is InChI=1S/C13H20BrFN2O2S/c1-4-9(5-2)8(3)17-20(18,19)13-6-10(14)11(15)7-12(13)16/h6-9,17H,4-5,16H2,1-3H3. The predicted octanol–water partition coefficient (Wildman–Crippen LogP) is 3.27. The van der Waals surface area contributed by atoms with Crippen LogP contribution in [0.4, 0.5) is 10.1 Å². The Balaban J connectivity index is 3.09. The van der Waals surface area contributed by atoms with Gasteiger partial charge in [-0.25, -0.2) is 17.5 Å². The number of benzene rings is 1. The summed E-state index contributed by atoms with van der Waals surface area (Å²) in [7, 11) is -3.77. The second-order valence-electron chi connectivity index (χ2n) is 4.79. The first-order chi connectivity index (χ1) is 9.22. The highest BCUT2D eigenvalue weighted by molar-refractivity contribution is 9.10. The van der Waals surface area contributed by atoms with Crippen LogP contribution in [0.2, 0.25) is 0 Å². The van der Waals surface area contributed by atoms with Crippen LogP contribution >= 0.6 is 15.9 Å². The molecule has 0 amide bonds. The van der Waals surface area contributed by atoms with Crippen LogP contribution in [0.15, 0.2) is 21.5 Å². The lowest BCUT2D eigenvalue weighted by molar-refractivity contribution is 0.391. The zero-order chi connectivity index (χ0) is 15.5. The van der Waals surface area contributed by atoms with E-state index in [2.05, 4.69) is 20.7 Å². The third kappa shape index (κ3) is 3.93. The molecule has 0 fully saturated rings. The van der Waals surface area contributed by atoms with Crippen LogP contribution in [0.25, 0.3) is 0 Å². The molecule has 0 radical (unpaired) electrons. The summed E-state index contributed by atoms with van der Waals surface area (Å²) in [5, 5.41) is 0. The number of nitrogens with one attached hydrogen (secondary N) is 1. The molecule has 0 aliphatic rings. The highest BCUT2D eigenvalue weighted by Crippen LogP contribution is 2.27. The van der Waals surface area contributed by atoms with Crippen molar-refractivity contribution in [3.63, 3.8) is 0 Å². The van der Waals surface area contributed by atoms with Gasteiger partial charge in [-0.15, -0.1) is 0 Å². The van der Waals surface area contributed by atoms with Crippen molar-refractivity contribution in [2.24, 2.45) is 5.92 Å². The quantitative estimate of drug-likeness (QED) is 0.758. The number of nitrogen functional groups attached to an aromatic ring is 1. The molecule has 1 aromatic rings. The van der Waals surface area contributed by atoms with Gasteiger partial charge in [0.2, 0.25) is 10.0 Å². The average Bonchev–Trinajstić information content (AvgIpc) is 2.34. The fourth-order valence-corrected chi connectivity index (χ4v) is 4.12. The van der Waals surface area contributed by atoms with Gasteiger partial charge in [0.05, 0.1) is 10.2 Å². The number of nitrogens with two attached hydrogens (primary N) is 1. The summed E-state index contributed by atoms with van der Waals surface area (Å²) < 4.78 is 40.6. The van der Waals surface area contributed by atoms with Crippen LogP contribution in [0.5, 0.6) is 0 Å². The van der Waals surface area contributed by atoms with Crippen molar-refractivity contribution in [2.75, 3.05) is 5.73 Å². The highest BCUT2D eigenvalue weighted by atomic mass is 79.9. The van der Waals surface area contributed by atoms with Gasteiger partial charge in [-0.2, -0.15) is 0 Å². The van der Waals surface area contributed by atoms with E-state index >= 15 is 0 Å². The minimum atomic E-state index is -3.77. The van der Waals surface area contributed by atoms with Crippen LogP contribution in [-0.2, 0) is 10.0 Å². The Morgan fingerprint density at radius 3 is 2.40 bits per heavy atom. The van der Waals surface area contributed by atoms with E-state index < -0.39 is 15.8 Å². The number of rotatable bonds is 6. The third-order valence-electron chi connectivity index (χ3n) is 3.44. The smallest absolute Gasteiger partial charge is 0.242 e. The summed E-state index contributed by atoms with van der Waals surface area (Å²) >= 11 is 2.97. The van der Waals surface area contributed by atoms with Gasteiger partial charge in [-0.3, -0.25) is 0 Å². The SMILES string of the molecule is CCC(CC)C(C)NS(=O)(=O)c1cc(Br)c(F)cc1N. The van der Waals surface area contributed by atoms with Gasteiger partial charge in [-0.1, -0.05) is 26.7 Å². The first-order valence-electron chi connectivity index (χ1n) is 6.49. The van der Waals surface area contributed by atoms with Gasteiger partial charge in [0, 0.05) is 6.04 Å². The maximum absolute atomic E-state index is 13.3. The van der Waals surface area contributed by atoms with Crippen molar-refractivity contribution >= 4 is 31.6 Å².